The van der Waals surface area contributed by atoms with Crippen LogP contribution in [0.25, 0.3) is 0 Å². The number of hydrogen-bond acceptors (Lipinski definition) is 4. The highest BCUT2D eigenvalue weighted by molar-refractivity contribution is 5.40. The first-order chi connectivity index (χ1) is 9.86. The van der Waals surface area contributed by atoms with Crippen LogP contribution in [0, 0.1) is 0 Å². The van der Waals surface area contributed by atoms with Gasteiger partial charge in [-0.3, -0.25) is 4.90 Å². The molecule has 0 aliphatic carbocycles. The number of piperidine rings is 1. The van der Waals surface area contributed by atoms with E-state index in [4.69, 9.17) is 15.2 Å². The molecule has 118 valence electrons. The summed E-state index contributed by atoms with van der Waals surface area (Å²) in [6.45, 7) is 7.81. The van der Waals surface area contributed by atoms with Gasteiger partial charge in [-0.2, -0.15) is 0 Å². The Labute approximate surface area is 128 Å². The van der Waals surface area contributed by atoms with Crippen LogP contribution in [-0.2, 0) is 0 Å². The van der Waals surface area contributed by atoms with Crippen molar-refractivity contribution >= 4 is 0 Å². The first-order valence-electron chi connectivity index (χ1n) is 7.62. The van der Waals surface area contributed by atoms with Crippen molar-refractivity contribution in [2.45, 2.75) is 51.2 Å². The van der Waals surface area contributed by atoms with E-state index in [1.54, 1.807) is 14.2 Å². The molecule has 1 aliphatic heterocycles. The number of ether oxygens (including phenoxy) is 2. The molecule has 1 saturated heterocycles. The van der Waals surface area contributed by atoms with E-state index in [1.807, 2.05) is 6.07 Å². The fourth-order valence-corrected chi connectivity index (χ4v) is 3.21. The van der Waals surface area contributed by atoms with Gasteiger partial charge in [0.25, 0.3) is 0 Å². The van der Waals surface area contributed by atoms with Crippen molar-refractivity contribution in [2.75, 3.05) is 20.8 Å². The summed E-state index contributed by atoms with van der Waals surface area (Å²) in [5, 5.41) is 0. The van der Waals surface area contributed by atoms with E-state index in [-0.39, 0.29) is 17.6 Å². The van der Waals surface area contributed by atoms with Gasteiger partial charge >= 0.3 is 0 Å². The highest BCUT2D eigenvalue weighted by atomic mass is 16.5. The fraction of sp³-hybridized carbons (Fsp3) is 0.647. The maximum atomic E-state index is 6.46. The quantitative estimate of drug-likeness (QED) is 0.930. The second kappa shape index (κ2) is 6.24. The van der Waals surface area contributed by atoms with Gasteiger partial charge in [-0.05, 0) is 57.9 Å². The average molecular weight is 292 g/mol. The summed E-state index contributed by atoms with van der Waals surface area (Å²) in [5.41, 5.74) is 7.71. The zero-order chi connectivity index (χ0) is 15.6. The van der Waals surface area contributed by atoms with Gasteiger partial charge in [-0.1, -0.05) is 0 Å². The molecule has 0 amide bonds. The van der Waals surface area contributed by atoms with Crippen molar-refractivity contribution in [3.63, 3.8) is 0 Å². The Kier molecular flexibility index (Phi) is 4.79. The molecule has 1 aliphatic rings. The van der Waals surface area contributed by atoms with Crippen LogP contribution in [0.1, 0.15) is 45.2 Å². The summed E-state index contributed by atoms with van der Waals surface area (Å²) < 4.78 is 10.8. The van der Waals surface area contributed by atoms with Crippen LogP contribution >= 0.6 is 0 Å². The normalized spacial score (nSPS) is 23.9. The molecule has 0 aromatic heterocycles. The third-order valence-corrected chi connectivity index (χ3v) is 4.25. The van der Waals surface area contributed by atoms with Gasteiger partial charge < -0.3 is 15.2 Å². The summed E-state index contributed by atoms with van der Waals surface area (Å²) in [7, 11) is 3.36. The molecular formula is C17H28N2O2. The van der Waals surface area contributed by atoms with Crippen LogP contribution in [0.2, 0.25) is 0 Å². The number of methoxy groups -OCH3 is 2. The molecule has 2 N–H and O–H groups in total. The Morgan fingerprint density at radius 1 is 1.10 bits per heavy atom. The summed E-state index contributed by atoms with van der Waals surface area (Å²) in [5.74, 6) is 1.63. The number of likely N-dealkylation sites (tertiary alicyclic amines) is 1. The molecule has 4 nitrogen and oxygen atoms in total. The predicted molar refractivity (Wildman–Crippen MR) is 86.0 cm³/mol. The van der Waals surface area contributed by atoms with Gasteiger partial charge in [-0.15, -0.1) is 0 Å². The standard InChI is InChI=1S/C17H28N2O2/c1-17(2,3)19-8-6-7-15(18)16(19)12-9-13(20-4)11-14(10-12)21-5/h9-11,15-16H,6-8,18H2,1-5H3. The molecule has 21 heavy (non-hydrogen) atoms. The second-order valence-electron chi connectivity index (χ2n) is 6.76. The Bertz CT molecular complexity index is 460. The number of nitrogens with zero attached hydrogens (tertiary/aromatic N) is 1. The summed E-state index contributed by atoms with van der Waals surface area (Å²) in [6.07, 6.45) is 2.20. The van der Waals surface area contributed by atoms with Crippen LogP contribution in [0.3, 0.4) is 0 Å². The highest BCUT2D eigenvalue weighted by Gasteiger charge is 2.36. The Hall–Kier alpha value is -1.26. The molecule has 0 bridgehead atoms. The lowest BCUT2D eigenvalue weighted by atomic mass is 9.87. The predicted octanol–water partition coefficient (Wildman–Crippen LogP) is 2.97. The molecule has 1 fully saturated rings. The maximum Gasteiger partial charge on any atom is 0.122 e. The lowest BCUT2D eigenvalue weighted by molar-refractivity contribution is 0.0382. The van der Waals surface area contributed by atoms with Crippen LogP contribution in [-0.4, -0.2) is 37.2 Å². The van der Waals surface area contributed by atoms with Gasteiger partial charge in [-0.25, -0.2) is 0 Å². The molecule has 0 saturated carbocycles. The molecule has 2 rings (SSSR count). The van der Waals surface area contributed by atoms with Gasteiger partial charge in [0.2, 0.25) is 0 Å². The molecule has 0 spiro atoms. The maximum absolute atomic E-state index is 6.46. The number of hydrogen-bond donors (Lipinski definition) is 1. The van der Waals surface area contributed by atoms with E-state index in [9.17, 15) is 0 Å². The molecule has 1 aromatic carbocycles. The van der Waals surface area contributed by atoms with E-state index < -0.39 is 0 Å². The minimum Gasteiger partial charge on any atom is -0.497 e. The largest absolute Gasteiger partial charge is 0.497 e. The summed E-state index contributed by atoms with van der Waals surface area (Å²) in [6, 6.07) is 6.39. The van der Waals surface area contributed by atoms with Crippen molar-refractivity contribution in [2.24, 2.45) is 5.73 Å². The van der Waals surface area contributed by atoms with Crippen LogP contribution in [0.5, 0.6) is 11.5 Å². The van der Waals surface area contributed by atoms with Crippen molar-refractivity contribution < 1.29 is 9.47 Å². The third kappa shape index (κ3) is 3.50. The van der Waals surface area contributed by atoms with Crippen molar-refractivity contribution in [3.05, 3.63) is 23.8 Å². The van der Waals surface area contributed by atoms with E-state index >= 15 is 0 Å². The first-order valence-corrected chi connectivity index (χ1v) is 7.62. The topological polar surface area (TPSA) is 47.7 Å². The summed E-state index contributed by atoms with van der Waals surface area (Å²) >= 11 is 0. The van der Waals surface area contributed by atoms with Gasteiger partial charge in [0.05, 0.1) is 20.3 Å². The lowest BCUT2D eigenvalue weighted by Gasteiger charge is -2.47. The number of nitrogens with two attached hydrogens (primary N) is 1. The SMILES string of the molecule is COc1cc(OC)cc(C2C(N)CCCN2C(C)(C)C)c1. The van der Waals surface area contributed by atoms with E-state index in [0.717, 1.165) is 30.9 Å². The molecular weight excluding hydrogens is 264 g/mol. The van der Waals surface area contributed by atoms with Crippen LogP contribution in [0.15, 0.2) is 18.2 Å². The van der Waals surface area contributed by atoms with Crippen molar-refractivity contribution in [3.8, 4) is 11.5 Å². The molecule has 2 unspecified atom stereocenters. The second-order valence-corrected chi connectivity index (χ2v) is 6.76. The minimum atomic E-state index is 0.0824. The third-order valence-electron chi connectivity index (χ3n) is 4.25. The summed E-state index contributed by atoms with van der Waals surface area (Å²) in [4.78, 5) is 2.50. The monoisotopic (exact) mass is 292 g/mol. The zero-order valence-corrected chi connectivity index (χ0v) is 13.8. The minimum absolute atomic E-state index is 0.0824. The Balaban J connectivity index is 2.44. The van der Waals surface area contributed by atoms with Crippen LogP contribution < -0.4 is 15.2 Å². The van der Waals surface area contributed by atoms with Crippen LogP contribution in [0.4, 0.5) is 0 Å². The van der Waals surface area contributed by atoms with Gasteiger partial charge in [0, 0.05) is 17.6 Å². The zero-order valence-electron chi connectivity index (χ0n) is 13.8. The lowest BCUT2D eigenvalue weighted by Crippen LogP contribution is -2.53. The number of benzene rings is 1. The molecule has 1 heterocycles. The average Bonchev–Trinajstić information content (AvgIpc) is 2.45. The smallest absolute Gasteiger partial charge is 0.122 e. The number of rotatable bonds is 3. The molecule has 1 aromatic rings. The van der Waals surface area contributed by atoms with Gasteiger partial charge in [0.15, 0.2) is 0 Å². The molecule has 2 atom stereocenters. The van der Waals surface area contributed by atoms with E-state index in [0.29, 0.717) is 0 Å². The fourth-order valence-electron chi connectivity index (χ4n) is 3.21. The molecule has 4 heteroatoms. The van der Waals surface area contributed by atoms with E-state index in [2.05, 4.69) is 37.8 Å². The first kappa shape index (κ1) is 16.1. The van der Waals surface area contributed by atoms with Crippen molar-refractivity contribution in [1.82, 2.24) is 4.90 Å². The Morgan fingerprint density at radius 2 is 1.67 bits per heavy atom. The molecule has 0 radical (unpaired) electrons. The Morgan fingerprint density at radius 3 is 2.14 bits per heavy atom. The highest BCUT2D eigenvalue weighted by Crippen LogP contribution is 2.38. The van der Waals surface area contributed by atoms with Crippen molar-refractivity contribution in [1.29, 1.82) is 0 Å². The van der Waals surface area contributed by atoms with Gasteiger partial charge in [0.1, 0.15) is 11.5 Å². The van der Waals surface area contributed by atoms with E-state index in [1.165, 1.54) is 5.56 Å².